The van der Waals surface area contributed by atoms with E-state index < -0.39 is 11.8 Å². The largest absolute Gasteiger partial charge is 0.292 e. The van der Waals surface area contributed by atoms with Crippen LogP contribution in [0.25, 0.3) is 0 Å². The van der Waals surface area contributed by atoms with E-state index in [1.807, 2.05) is 43.3 Å². The van der Waals surface area contributed by atoms with Crippen LogP contribution in [0, 0.1) is 6.92 Å². The van der Waals surface area contributed by atoms with Crippen molar-refractivity contribution in [1.82, 2.24) is 5.32 Å². The Morgan fingerprint density at radius 2 is 1.70 bits per heavy atom. The summed E-state index contributed by atoms with van der Waals surface area (Å²) in [4.78, 5) is 42.6. The van der Waals surface area contributed by atoms with Crippen LogP contribution in [0.4, 0.5) is 5.69 Å². The molecule has 0 aliphatic carbocycles. The van der Waals surface area contributed by atoms with Crippen LogP contribution < -0.4 is 10.2 Å². The van der Waals surface area contributed by atoms with E-state index in [1.165, 1.54) is 4.90 Å². The molecule has 30 heavy (non-hydrogen) atoms. The number of imide groups is 1. The van der Waals surface area contributed by atoms with Crippen molar-refractivity contribution in [3.05, 3.63) is 65.2 Å². The van der Waals surface area contributed by atoms with Crippen LogP contribution in [-0.4, -0.2) is 35.2 Å². The highest BCUT2D eigenvalue weighted by molar-refractivity contribution is 8.14. The summed E-state index contributed by atoms with van der Waals surface area (Å²) < 4.78 is 0. The third kappa shape index (κ3) is 5.16. The van der Waals surface area contributed by atoms with Crippen LogP contribution >= 0.6 is 11.8 Å². The van der Waals surface area contributed by atoms with Gasteiger partial charge in [-0.05, 0) is 42.2 Å². The zero-order valence-electron chi connectivity index (χ0n) is 17.6. The standard InChI is InChI=1S/C23H25N3O3S/c1-15-5-11-18(12-6-15)26-20(28)13-24-22(26)30-14-19(27)25-21(29)16-7-9-17(10-8-16)23(2,3)4/h5-12H,13-14H2,1-4H3,(H,25,27,29). The Kier molecular flexibility index (Phi) is 6.41. The van der Waals surface area contributed by atoms with Crippen molar-refractivity contribution in [3.63, 3.8) is 0 Å². The van der Waals surface area contributed by atoms with Crippen LogP contribution in [0.5, 0.6) is 0 Å². The van der Waals surface area contributed by atoms with Gasteiger partial charge in [-0.3, -0.25) is 29.6 Å². The highest BCUT2D eigenvalue weighted by Gasteiger charge is 2.28. The molecule has 2 aromatic rings. The molecule has 0 atom stereocenters. The molecule has 6 nitrogen and oxygen atoms in total. The number of nitrogens with zero attached hydrogens (tertiary/aromatic N) is 2. The number of thioether (sulfide) groups is 1. The van der Waals surface area contributed by atoms with Crippen LogP contribution in [0.15, 0.2) is 53.5 Å². The van der Waals surface area contributed by atoms with Crippen molar-refractivity contribution in [2.75, 3.05) is 17.2 Å². The molecule has 0 spiro atoms. The van der Waals surface area contributed by atoms with Crippen LogP contribution in [0.3, 0.4) is 0 Å². The molecule has 156 valence electrons. The molecule has 2 aromatic carbocycles. The number of amides is 3. The number of rotatable bonds is 4. The molecule has 1 aliphatic heterocycles. The lowest BCUT2D eigenvalue weighted by atomic mass is 9.87. The molecule has 1 N–H and O–H groups in total. The smallest absolute Gasteiger partial charge is 0.257 e. The molecule has 1 heterocycles. The minimum atomic E-state index is -0.444. The number of nitrogens with one attached hydrogen (secondary N) is 1. The molecule has 0 bridgehead atoms. The van der Waals surface area contributed by atoms with Crippen LogP contribution in [0.2, 0.25) is 0 Å². The predicted octanol–water partition coefficient (Wildman–Crippen LogP) is 3.68. The molecule has 0 unspecified atom stereocenters. The topological polar surface area (TPSA) is 78.8 Å². The minimum Gasteiger partial charge on any atom is -0.292 e. The van der Waals surface area contributed by atoms with Crippen molar-refractivity contribution in [2.24, 2.45) is 4.99 Å². The summed E-state index contributed by atoms with van der Waals surface area (Å²) in [6.07, 6.45) is 0. The van der Waals surface area contributed by atoms with Gasteiger partial charge in [0.2, 0.25) is 5.91 Å². The van der Waals surface area contributed by atoms with Gasteiger partial charge in [-0.15, -0.1) is 0 Å². The Hall–Kier alpha value is -2.93. The first-order valence-corrected chi connectivity index (χ1v) is 10.7. The summed E-state index contributed by atoms with van der Waals surface area (Å²) in [5.74, 6) is -1.03. The van der Waals surface area contributed by atoms with Gasteiger partial charge in [-0.25, -0.2) is 0 Å². The fourth-order valence-corrected chi connectivity index (χ4v) is 3.75. The normalized spacial score (nSPS) is 13.9. The lowest BCUT2D eigenvalue weighted by Crippen LogP contribution is -2.34. The molecular weight excluding hydrogens is 398 g/mol. The Morgan fingerprint density at radius 3 is 2.30 bits per heavy atom. The third-order valence-corrected chi connectivity index (χ3v) is 5.66. The number of carbonyl (C=O) groups excluding carboxylic acids is 3. The first-order chi connectivity index (χ1) is 14.1. The quantitative estimate of drug-likeness (QED) is 0.814. The summed E-state index contributed by atoms with van der Waals surface area (Å²) >= 11 is 1.14. The Morgan fingerprint density at radius 1 is 1.07 bits per heavy atom. The van der Waals surface area contributed by atoms with E-state index in [2.05, 4.69) is 31.1 Å². The molecule has 0 saturated heterocycles. The Bertz CT molecular complexity index is 990. The molecule has 3 amide bonds. The predicted molar refractivity (Wildman–Crippen MR) is 121 cm³/mol. The van der Waals surface area contributed by atoms with E-state index in [-0.39, 0.29) is 23.6 Å². The van der Waals surface area contributed by atoms with Gasteiger partial charge in [0.15, 0.2) is 5.17 Å². The number of aryl methyl sites for hydroxylation is 1. The maximum absolute atomic E-state index is 12.3. The summed E-state index contributed by atoms with van der Waals surface area (Å²) in [5.41, 5.74) is 3.33. The summed E-state index contributed by atoms with van der Waals surface area (Å²) in [7, 11) is 0. The lowest BCUT2D eigenvalue weighted by Gasteiger charge is -2.19. The zero-order chi connectivity index (χ0) is 21.9. The van der Waals surface area contributed by atoms with Crippen LogP contribution in [-0.2, 0) is 15.0 Å². The molecule has 0 radical (unpaired) electrons. The fraction of sp³-hybridized carbons (Fsp3) is 0.304. The molecule has 0 aromatic heterocycles. The van der Waals surface area contributed by atoms with Crippen molar-refractivity contribution in [3.8, 4) is 0 Å². The zero-order valence-corrected chi connectivity index (χ0v) is 18.4. The van der Waals surface area contributed by atoms with E-state index in [1.54, 1.807) is 12.1 Å². The molecule has 0 saturated carbocycles. The monoisotopic (exact) mass is 423 g/mol. The average molecular weight is 424 g/mol. The molecule has 3 rings (SSSR count). The van der Waals surface area contributed by atoms with Crippen LogP contribution in [0.1, 0.15) is 42.3 Å². The average Bonchev–Trinajstić information content (AvgIpc) is 3.07. The van der Waals surface area contributed by atoms with Gasteiger partial charge in [-0.2, -0.15) is 0 Å². The number of amidine groups is 1. The first-order valence-electron chi connectivity index (χ1n) is 9.67. The second kappa shape index (κ2) is 8.83. The second-order valence-electron chi connectivity index (χ2n) is 8.16. The Balaban J connectivity index is 1.58. The van der Waals surface area contributed by atoms with Gasteiger partial charge in [0.1, 0.15) is 6.54 Å². The maximum atomic E-state index is 12.3. The number of carbonyl (C=O) groups is 3. The second-order valence-corrected chi connectivity index (χ2v) is 9.10. The lowest BCUT2D eigenvalue weighted by molar-refractivity contribution is -0.118. The maximum Gasteiger partial charge on any atom is 0.257 e. The van der Waals surface area contributed by atoms with E-state index in [0.29, 0.717) is 16.4 Å². The Labute approximate surface area is 180 Å². The van der Waals surface area contributed by atoms with Gasteiger partial charge in [-0.1, -0.05) is 62.4 Å². The molecular formula is C23H25N3O3S. The third-order valence-electron chi connectivity index (χ3n) is 4.68. The van der Waals surface area contributed by atoms with E-state index >= 15 is 0 Å². The van der Waals surface area contributed by atoms with E-state index in [4.69, 9.17) is 0 Å². The molecule has 1 aliphatic rings. The number of anilines is 1. The summed E-state index contributed by atoms with van der Waals surface area (Å²) in [5, 5.41) is 2.85. The van der Waals surface area contributed by atoms with Crippen molar-refractivity contribution in [1.29, 1.82) is 0 Å². The van der Waals surface area contributed by atoms with Crippen molar-refractivity contribution >= 4 is 40.3 Å². The van der Waals surface area contributed by atoms with Gasteiger partial charge in [0.05, 0.1) is 11.4 Å². The highest BCUT2D eigenvalue weighted by atomic mass is 32.2. The summed E-state index contributed by atoms with van der Waals surface area (Å²) in [6, 6.07) is 14.8. The number of hydrogen-bond acceptors (Lipinski definition) is 5. The van der Waals surface area contributed by atoms with Gasteiger partial charge >= 0.3 is 0 Å². The van der Waals surface area contributed by atoms with Gasteiger partial charge < -0.3 is 0 Å². The first kappa shape index (κ1) is 21.8. The molecule has 7 heteroatoms. The van der Waals surface area contributed by atoms with Crippen molar-refractivity contribution in [2.45, 2.75) is 33.1 Å². The number of hydrogen-bond donors (Lipinski definition) is 1. The highest BCUT2D eigenvalue weighted by Crippen LogP contribution is 2.24. The van der Waals surface area contributed by atoms with Gasteiger partial charge in [0.25, 0.3) is 11.8 Å². The number of benzene rings is 2. The van der Waals surface area contributed by atoms with Gasteiger partial charge in [0, 0.05) is 5.56 Å². The van der Waals surface area contributed by atoms with Crippen molar-refractivity contribution < 1.29 is 14.4 Å². The van der Waals surface area contributed by atoms with E-state index in [0.717, 1.165) is 22.9 Å². The molecule has 0 fully saturated rings. The summed E-state index contributed by atoms with van der Waals surface area (Å²) in [6.45, 7) is 8.31. The van der Waals surface area contributed by atoms with E-state index in [9.17, 15) is 14.4 Å². The number of aliphatic imine (C=N–C) groups is 1. The SMILES string of the molecule is Cc1ccc(N2C(=O)CN=C2SCC(=O)NC(=O)c2ccc(C(C)(C)C)cc2)cc1. The minimum absolute atomic E-state index is 0.00969. The fourth-order valence-electron chi connectivity index (χ4n) is 2.93.